The highest BCUT2D eigenvalue weighted by Crippen LogP contribution is 2.37. The molecule has 0 radical (unpaired) electrons. The molecule has 4 heteroatoms. The van der Waals surface area contributed by atoms with Crippen molar-refractivity contribution < 1.29 is 13.3 Å². The predicted molar refractivity (Wildman–Crippen MR) is 102 cm³/mol. The lowest BCUT2D eigenvalue weighted by molar-refractivity contribution is 0.140. The maximum Gasteiger partial charge on any atom is 0.536 e. The summed E-state index contributed by atoms with van der Waals surface area (Å²) in [4.78, 5) is 0. The fourth-order valence-electron chi connectivity index (χ4n) is 4.03. The maximum atomic E-state index is 5.56. The van der Waals surface area contributed by atoms with Gasteiger partial charge in [-0.15, -0.1) is 0 Å². The molecule has 0 atom stereocenters. The van der Waals surface area contributed by atoms with Crippen molar-refractivity contribution in [1.29, 1.82) is 0 Å². The van der Waals surface area contributed by atoms with Crippen LogP contribution in [0.3, 0.4) is 0 Å². The third-order valence-electron chi connectivity index (χ3n) is 5.60. The molecule has 3 nitrogen and oxygen atoms in total. The van der Waals surface area contributed by atoms with Crippen molar-refractivity contribution in [3.05, 3.63) is 29.8 Å². The van der Waals surface area contributed by atoms with Crippen LogP contribution < -0.4 is 5.19 Å². The fraction of sp³-hybridized carbons (Fsp3) is 0.700. The van der Waals surface area contributed by atoms with Gasteiger partial charge in [-0.1, -0.05) is 56.9 Å². The van der Waals surface area contributed by atoms with E-state index in [4.69, 9.17) is 13.3 Å². The van der Waals surface area contributed by atoms with Gasteiger partial charge < -0.3 is 13.3 Å². The van der Waals surface area contributed by atoms with Crippen LogP contribution in [-0.4, -0.2) is 30.1 Å². The Morgan fingerprint density at radius 1 is 0.875 bits per heavy atom. The minimum Gasteiger partial charge on any atom is -0.373 e. The highest BCUT2D eigenvalue weighted by molar-refractivity contribution is 6.75. The molecule has 1 aliphatic carbocycles. The summed E-state index contributed by atoms with van der Waals surface area (Å²) >= 11 is 0. The fourth-order valence-corrected chi connectivity index (χ4v) is 5.81. The van der Waals surface area contributed by atoms with Gasteiger partial charge in [-0.25, -0.2) is 0 Å². The second-order valence-corrected chi connectivity index (χ2v) is 9.92. The Morgan fingerprint density at radius 3 is 1.96 bits per heavy atom. The van der Waals surface area contributed by atoms with Crippen LogP contribution in [0.1, 0.15) is 69.8 Å². The van der Waals surface area contributed by atoms with Crippen LogP contribution in [0.15, 0.2) is 24.3 Å². The average molecular weight is 351 g/mol. The van der Waals surface area contributed by atoms with E-state index in [9.17, 15) is 0 Å². The normalized spacial score (nSPS) is 21.8. The zero-order valence-corrected chi connectivity index (χ0v) is 16.8. The molecule has 1 fully saturated rings. The quantitative estimate of drug-likeness (QED) is 0.480. The Hall–Kier alpha value is -0.683. The molecule has 0 amide bonds. The molecule has 136 valence electrons. The van der Waals surface area contributed by atoms with E-state index in [-0.39, 0.29) is 0 Å². The Labute approximate surface area is 149 Å². The van der Waals surface area contributed by atoms with Crippen LogP contribution in [0.25, 0.3) is 0 Å². The second-order valence-electron chi connectivity index (χ2n) is 7.00. The minimum atomic E-state index is -2.70. The van der Waals surface area contributed by atoms with Crippen molar-refractivity contribution in [2.75, 3.05) is 21.3 Å². The number of benzene rings is 1. The standard InChI is InChI=1S/C20H34O3Si/c1-5-6-7-8-17-9-11-18(12-10-17)19-13-15-20(16-14-19)24(21-2,22-3)23-4/h13-18H,5-12H2,1-4H3. The molecule has 0 N–H and O–H groups in total. The monoisotopic (exact) mass is 350 g/mol. The first-order valence-corrected chi connectivity index (χ1v) is 11.2. The molecule has 0 bridgehead atoms. The van der Waals surface area contributed by atoms with Gasteiger partial charge in [-0.2, -0.15) is 0 Å². The van der Waals surface area contributed by atoms with E-state index in [1.165, 1.54) is 56.9 Å². The Kier molecular flexibility index (Phi) is 7.95. The van der Waals surface area contributed by atoms with Gasteiger partial charge in [-0.05, 0) is 43.1 Å². The number of hydrogen-bond donors (Lipinski definition) is 0. The van der Waals surface area contributed by atoms with E-state index in [1.807, 2.05) is 0 Å². The van der Waals surface area contributed by atoms with E-state index >= 15 is 0 Å². The molecule has 0 unspecified atom stereocenters. The summed E-state index contributed by atoms with van der Waals surface area (Å²) in [5, 5.41) is 1.03. The molecule has 2 rings (SSSR count). The van der Waals surface area contributed by atoms with Crippen LogP contribution in [0, 0.1) is 5.92 Å². The second kappa shape index (κ2) is 9.71. The predicted octanol–water partition coefficient (Wildman–Crippen LogP) is 4.63. The van der Waals surface area contributed by atoms with Gasteiger partial charge in [0, 0.05) is 26.5 Å². The van der Waals surface area contributed by atoms with E-state index in [2.05, 4.69) is 31.2 Å². The van der Waals surface area contributed by atoms with Crippen LogP contribution in [0.2, 0.25) is 0 Å². The van der Waals surface area contributed by atoms with Gasteiger partial charge in [0.05, 0.1) is 0 Å². The zero-order chi connectivity index (χ0) is 17.4. The maximum absolute atomic E-state index is 5.56. The molecule has 0 heterocycles. The Bertz CT molecular complexity index is 454. The zero-order valence-electron chi connectivity index (χ0n) is 15.8. The van der Waals surface area contributed by atoms with Gasteiger partial charge in [-0.3, -0.25) is 0 Å². The first-order chi connectivity index (χ1) is 11.7. The molecule has 0 aliphatic heterocycles. The summed E-state index contributed by atoms with van der Waals surface area (Å²) in [5.41, 5.74) is 1.46. The lowest BCUT2D eigenvalue weighted by Gasteiger charge is -2.29. The third-order valence-corrected chi connectivity index (χ3v) is 8.26. The smallest absolute Gasteiger partial charge is 0.373 e. The van der Waals surface area contributed by atoms with Crippen LogP contribution in [-0.2, 0) is 13.3 Å². The van der Waals surface area contributed by atoms with Crippen LogP contribution >= 0.6 is 0 Å². The number of unbranched alkanes of at least 4 members (excludes halogenated alkanes) is 2. The van der Waals surface area contributed by atoms with Crippen LogP contribution in [0.5, 0.6) is 0 Å². The van der Waals surface area contributed by atoms with Crippen molar-refractivity contribution in [2.45, 2.75) is 64.2 Å². The summed E-state index contributed by atoms with van der Waals surface area (Å²) < 4.78 is 16.7. The van der Waals surface area contributed by atoms with Crippen molar-refractivity contribution in [3.63, 3.8) is 0 Å². The molecule has 1 saturated carbocycles. The lowest BCUT2D eigenvalue weighted by Crippen LogP contribution is -2.54. The summed E-state index contributed by atoms with van der Waals surface area (Å²) in [7, 11) is 2.28. The first kappa shape index (κ1) is 19.6. The Balaban J connectivity index is 1.93. The van der Waals surface area contributed by atoms with E-state index in [0.717, 1.165) is 11.1 Å². The van der Waals surface area contributed by atoms with E-state index < -0.39 is 8.80 Å². The molecule has 0 saturated heterocycles. The first-order valence-electron chi connectivity index (χ1n) is 9.45. The lowest BCUT2D eigenvalue weighted by atomic mass is 9.77. The third kappa shape index (κ3) is 4.69. The van der Waals surface area contributed by atoms with Gasteiger partial charge >= 0.3 is 8.80 Å². The SMILES string of the molecule is CCCCCC1CCC(c2ccc([Si](OC)(OC)OC)cc2)CC1. The topological polar surface area (TPSA) is 27.7 Å². The average Bonchev–Trinajstić information content (AvgIpc) is 2.65. The molecule has 0 spiro atoms. The van der Waals surface area contributed by atoms with Crippen molar-refractivity contribution in [3.8, 4) is 0 Å². The molecule has 1 aliphatic rings. The van der Waals surface area contributed by atoms with E-state index in [0.29, 0.717) is 5.92 Å². The summed E-state index contributed by atoms with van der Waals surface area (Å²) in [5.74, 6) is 1.67. The largest absolute Gasteiger partial charge is 0.536 e. The van der Waals surface area contributed by atoms with Crippen LogP contribution in [0.4, 0.5) is 0 Å². The highest BCUT2D eigenvalue weighted by atomic mass is 28.4. The van der Waals surface area contributed by atoms with Gasteiger partial charge in [0.15, 0.2) is 0 Å². The van der Waals surface area contributed by atoms with E-state index in [1.54, 1.807) is 21.3 Å². The summed E-state index contributed by atoms with van der Waals surface area (Å²) in [6.45, 7) is 2.29. The number of rotatable bonds is 9. The molecule has 24 heavy (non-hydrogen) atoms. The molecular weight excluding hydrogens is 316 g/mol. The molecule has 1 aromatic carbocycles. The minimum absolute atomic E-state index is 0.713. The summed E-state index contributed by atoms with van der Waals surface area (Å²) in [6, 6.07) is 8.75. The van der Waals surface area contributed by atoms with Crippen molar-refractivity contribution in [2.24, 2.45) is 5.92 Å². The Morgan fingerprint density at radius 2 is 1.46 bits per heavy atom. The van der Waals surface area contributed by atoms with Crippen molar-refractivity contribution >= 4 is 14.0 Å². The van der Waals surface area contributed by atoms with Gasteiger partial charge in [0.1, 0.15) is 0 Å². The molecular formula is C20H34O3Si. The number of hydrogen-bond acceptors (Lipinski definition) is 3. The molecule has 1 aromatic rings. The highest BCUT2D eigenvalue weighted by Gasteiger charge is 2.40. The van der Waals surface area contributed by atoms with Crippen molar-refractivity contribution in [1.82, 2.24) is 0 Å². The van der Waals surface area contributed by atoms with Gasteiger partial charge in [0.25, 0.3) is 0 Å². The molecule has 0 aromatic heterocycles. The van der Waals surface area contributed by atoms with Gasteiger partial charge in [0.2, 0.25) is 0 Å². The summed E-state index contributed by atoms with van der Waals surface area (Å²) in [6.07, 6.45) is 11.0.